The largest absolute Gasteiger partial charge is 0.446 e. The van der Waals surface area contributed by atoms with Crippen LogP contribution in [0.15, 0.2) is 21.9 Å². The number of nitrogens with zero attached hydrogens (tertiary/aromatic N) is 3. The van der Waals surface area contributed by atoms with Gasteiger partial charge < -0.3 is 10.5 Å². The number of pyridine rings is 1. The summed E-state index contributed by atoms with van der Waals surface area (Å²) in [5.74, 6) is 1.24. The number of rotatable bonds is 3. The van der Waals surface area contributed by atoms with Crippen LogP contribution in [0.3, 0.4) is 0 Å². The van der Waals surface area contributed by atoms with Crippen LogP contribution in [0.2, 0.25) is 0 Å². The minimum Gasteiger partial charge on any atom is -0.446 e. The fourth-order valence-corrected chi connectivity index (χ4v) is 5.47. The summed E-state index contributed by atoms with van der Waals surface area (Å²) in [5.41, 5.74) is 4.43. The van der Waals surface area contributed by atoms with Gasteiger partial charge in [-0.05, 0) is 56.1 Å². The van der Waals surface area contributed by atoms with E-state index in [9.17, 15) is 18.8 Å². The smallest absolute Gasteiger partial charge is 0.404 e. The number of carbonyl (C=O) groups excluding carboxylic acids is 1. The predicted molar refractivity (Wildman–Crippen MR) is 108 cm³/mol. The fourth-order valence-electron chi connectivity index (χ4n) is 4.38. The SMILES string of the molecule is NC(=O)OC1CCC(n2c(=O)c3cc(F)cnc3n(C3CCSCC3)c2=O)CC1. The first-order valence-corrected chi connectivity index (χ1v) is 11.0. The first-order chi connectivity index (χ1) is 14.0. The molecule has 0 radical (unpaired) electrons. The van der Waals surface area contributed by atoms with Gasteiger partial charge >= 0.3 is 11.8 Å². The minimum atomic E-state index is -0.824. The lowest BCUT2D eigenvalue weighted by Gasteiger charge is -2.30. The second-order valence-corrected chi connectivity index (χ2v) is 8.79. The number of fused-ring (bicyclic) bond motifs is 1. The van der Waals surface area contributed by atoms with Crippen molar-refractivity contribution in [2.75, 3.05) is 11.5 Å². The van der Waals surface area contributed by atoms with E-state index in [1.807, 2.05) is 11.8 Å². The molecule has 2 aliphatic rings. The van der Waals surface area contributed by atoms with E-state index in [0.29, 0.717) is 25.7 Å². The van der Waals surface area contributed by atoms with Crippen LogP contribution in [-0.4, -0.2) is 37.8 Å². The molecular weight excluding hydrogens is 399 g/mol. The van der Waals surface area contributed by atoms with Crippen LogP contribution in [-0.2, 0) is 4.74 Å². The molecule has 0 unspecified atom stereocenters. The Hall–Kier alpha value is -2.36. The van der Waals surface area contributed by atoms with Gasteiger partial charge in [0, 0.05) is 12.1 Å². The summed E-state index contributed by atoms with van der Waals surface area (Å²) in [6.07, 6.45) is 3.55. The molecule has 2 aromatic heterocycles. The molecule has 1 saturated heterocycles. The van der Waals surface area contributed by atoms with Gasteiger partial charge in [0.25, 0.3) is 5.56 Å². The Bertz CT molecular complexity index is 1040. The molecule has 0 aromatic carbocycles. The summed E-state index contributed by atoms with van der Waals surface area (Å²) < 4.78 is 21.8. The van der Waals surface area contributed by atoms with Crippen LogP contribution in [0.5, 0.6) is 0 Å². The highest BCUT2D eigenvalue weighted by Crippen LogP contribution is 2.30. The minimum absolute atomic E-state index is 0.0643. The molecule has 8 nitrogen and oxygen atoms in total. The standard InChI is InChI=1S/C19H23FN4O4S/c20-11-9-15-16(22-10-11)23(13-5-7-29-8-6-13)19(27)24(17(15)25)12-1-3-14(4-2-12)28-18(21)26/h9-10,12-14H,1-8H2,(H2,21,26). The molecule has 1 amide bonds. The topological polar surface area (TPSA) is 109 Å². The number of thioether (sulfide) groups is 1. The van der Waals surface area contributed by atoms with E-state index >= 15 is 0 Å². The number of hydrogen-bond donors (Lipinski definition) is 1. The van der Waals surface area contributed by atoms with Crippen molar-refractivity contribution in [1.29, 1.82) is 0 Å². The Kier molecular flexibility index (Phi) is 5.62. The van der Waals surface area contributed by atoms with Crippen LogP contribution in [0, 0.1) is 5.82 Å². The van der Waals surface area contributed by atoms with Gasteiger partial charge in [0.1, 0.15) is 17.6 Å². The number of ether oxygens (including phenoxy) is 1. The zero-order valence-electron chi connectivity index (χ0n) is 15.9. The van der Waals surface area contributed by atoms with Crippen molar-refractivity contribution >= 4 is 28.9 Å². The van der Waals surface area contributed by atoms with Gasteiger partial charge in [-0.1, -0.05) is 0 Å². The quantitative estimate of drug-likeness (QED) is 0.813. The van der Waals surface area contributed by atoms with Gasteiger partial charge in [-0.25, -0.2) is 19.0 Å². The predicted octanol–water partition coefficient (Wildman–Crippen LogP) is 2.34. The van der Waals surface area contributed by atoms with Crippen molar-refractivity contribution in [2.24, 2.45) is 5.73 Å². The lowest BCUT2D eigenvalue weighted by molar-refractivity contribution is 0.0712. The Morgan fingerprint density at radius 3 is 2.41 bits per heavy atom. The van der Waals surface area contributed by atoms with Gasteiger partial charge in [-0.15, -0.1) is 0 Å². The van der Waals surface area contributed by atoms with Crippen molar-refractivity contribution in [3.63, 3.8) is 0 Å². The molecule has 3 heterocycles. The van der Waals surface area contributed by atoms with Crippen LogP contribution in [0.1, 0.15) is 50.6 Å². The number of halogens is 1. The maximum Gasteiger partial charge on any atom is 0.404 e. The van der Waals surface area contributed by atoms with Crippen molar-refractivity contribution in [1.82, 2.24) is 14.1 Å². The zero-order valence-corrected chi connectivity index (χ0v) is 16.7. The maximum atomic E-state index is 13.9. The molecule has 2 aromatic rings. The van der Waals surface area contributed by atoms with Gasteiger partial charge in [0.05, 0.1) is 11.6 Å². The average molecular weight is 422 g/mol. The second-order valence-electron chi connectivity index (χ2n) is 7.56. The molecule has 1 aliphatic carbocycles. The van der Waals surface area contributed by atoms with Crippen LogP contribution >= 0.6 is 11.8 Å². The summed E-state index contributed by atoms with van der Waals surface area (Å²) in [4.78, 5) is 41.6. The molecule has 0 atom stereocenters. The average Bonchev–Trinajstić information content (AvgIpc) is 2.70. The molecule has 2 N–H and O–H groups in total. The van der Waals surface area contributed by atoms with Gasteiger partial charge in [0.2, 0.25) is 0 Å². The van der Waals surface area contributed by atoms with E-state index in [0.717, 1.165) is 36.6 Å². The molecule has 1 saturated carbocycles. The Labute approximate surface area is 170 Å². The number of primary amides is 1. The highest BCUT2D eigenvalue weighted by Gasteiger charge is 2.30. The summed E-state index contributed by atoms with van der Waals surface area (Å²) in [7, 11) is 0. The lowest BCUT2D eigenvalue weighted by atomic mass is 9.92. The number of nitrogens with two attached hydrogens (primary N) is 1. The van der Waals surface area contributed by atoms with Crippen molar-refractivity contribution in [3.8, 4) is 0 Å². The molecule has 2 fully saturated rings. The number of aromatic nitrogens is 3. The first-order valence-electron chi connectivity index (χ1n) is 9.82. The Balaban J connectivity index is 1.79. The van der Waals surface area contributed by atoms with E-state index in [4.69, 9.17) is 10.5 Å². The number of carbonyl (C=O) groups is 1. The second kappa shape index (κ2) is 8.17. The fraction of sp³-hybridized carbons (Fsp3) is 0.579. The third kappa shape index (κ3) is 3.90. The van der Waals surface area contributed by atoms with E-state index in [2.05, 4.69) is 4.98 Å². The third-order valence-corrected chi connectivity index (χ3v) is 6.82. The molecular formula is C19H23FN4O4S. The van der Waals surface area contributed by atoms with Crippen LogP contribution < -0.4 is 17.0 Å². The van der Waals surface area contributed by atoms with E-state index in [-0.39, 0.29) is 29.2 Å². The molecule has 156 valence electrons. The van der Waals surface area contributed by atoms with E-state index in [1.54, 1.807) is 4.57 Å². The molecule has 29 heavy (non-hydrogen) atoms. The van der Waals surface area contributed by atoms with Crippen molar-refractivity contribution in [2.45, 2.75) is 56.7 Å². The monoisotopic (exact) mass is 422 g/mol. The van der Waals surface area contributed by atoms with Gasteiger partial charge in [-0.2, -0.15) is 11.8 Å². The maximum absolute atomic E-state index is 13.9. The van der Waals surface area contributed by atoms with E-state index in [1.165, 1.54) is 4.57 Å². The van der Waals surface area contributed by atoms with Crippen LogP contribution in [0.4, 0.5) is 9.18 Å². The summed E-state index contributed by atoms with van der Waals surface area (Å²) in [6, 6.07) is 0.765. The van der Waals surface area contributed by atoms with Crippen molar-refractivity contribution < 1.29 is 13.9 Å². The Morgan fingerprint density at radius 2 is 1.76 bits per heavy atom. The van der Waals surface area contributed by atoms with Gasteiger partial charge in [-0.3, -0.25) is 13.9 Å². The highest BCUT2D eigenvalue weighted by atomic mass is 32.2. The lowest BCUT2D eigenvalue weighted by Crippen LogP contribution is -2.45. The van der Waals surface area contributed by atoms with Gasteiger partial charge in [0.15, 0.2) is 0 Å². The molecule has 0 spiro atoms. The number of hydrogen-bond acceptors (Lipinski definition) is 6. The summed E-state index contributed by atoms with van der Waals surface area (Å²) in [5, 5.41) is 0.123. The van der Waals surface area contributed by atoms with E-state index < -0.39 is 23.2 Å². The Morgan fingerprint density at radius 1 is 1.10 bits per heavy atom. The summed E-state index contributed by atoms with van der Waals surface area (Å²) >= 11 is 1.83. The highest BCUT2D eigenvalue weighted by molar-refractivity contribution is 7.99. The van der Waals surface area contributed by atoms with Crippen molar-refractivity contribution in [3.05, 3.63) is 38.9 Å². The molecule has 0 bridgehead atoms. The first kappa shape index (κ1) is 19.9. The molecule has 4 rings (SSSR count). The zero-order chi connectivity index (χ0) is 20.5. The normalized spacial score (nSPS) is 23.2. The summed E-state index contributed by atoms with van der Waals surface area (Å²) in [6.45, 7) is 0. The number of amides is 1. The van der Waals surface area contributed by atoms with Crippen LogP contribution in [0.25, 0.3) is 11.0 Å². The molecule has 1 aliphatic heterocycles. The molecule has 10 heteroatoms. The third-order valence-electron chi connectivity index (χ3n) is 5.77.